The summed E-state index contributed by atoms with van der Waals surface area (Å²) in [5.74, 6) is 1.15. The molecule has 0 radical (unpaired) electrons. The summed E-state index contributed by atoms with van der Waals surface area (Å²) in [5, 5.41) is 3.20. The van der Waals surface area contributed by atoms with Gasteiger partial charge in [-0.25, -0.2) is 0 Å². The predicted molar refractivity (Wildman–Crippen MR) is 77.2 cm³/mol. The number of rotatable bonds is 4. The SMILES string of the molecule is CCOc1nc(Nc2ccccc2Br)ccc1N. The Morgan fingerprint density at radius 2 is 2.06 bits per heavy atom. The lowest BCUT2D eigenvalue weighted by Gasteiger charge is -2.10. The van der Waals surface area contributed by atoms with E-state index in [1.165, 1.54) is 0 Å². The van der Waals surface area contributed by atoms with Gasteiger partial charge < -0.3 is 15.8 Å². The molecule has 1 aromatic carbocycles. The van der Waals surface area contributed by atoms with Gasteiger partial charge in [0.15, 0.2) is 0 Å². The van der Waals surface area contributed by atoms with E-state index in [2.05, 4.69) is 26.2 Å². The Bertz CT molecular complexity index is 546. The van der Waals surface area contributed by atoms with E-state index in [1.807, 2.05) is 37.3 Å². The normalized spacial score (nSPS) is 10.1. The summed E-state index contributed by atoms with van der Waals surface area (Å²) in [5.41, 5.74) is 7.25. The quantitative estimate of drug-likeness (QED) is 0.906. The fourth-order valence-corrected chi connectivity index (χ4v) is 1.86. The lowest BCUT2D eigenvalue weighted by Crippen LogP contribution is -2.02. The van der Waals surface area contributed by atoms with Gasteiger partial charge in [0.05, 0.1) is 18.0 Å². The number of nitrogens with zero attached hydrogens (tertiary/aromatic N) is 1. The molecule has 5 heteroatoms. The Morgan fingerprint density at radius 1 is 1.28 bits per heavy atom. The van der Waals surface area contributed by atoms with Gasteiger partial charge in [0.25, 0.3) is 0 Å². The third-order valence-electron chi connectivity index (χ3n) is 2.31. The molecule has 2 rings (SSSR count). The van der Waals surface area contributed by atoms with Crippen LogP contribution in [0.15, 0.2) is 40.9 Å². The van der Waals surface area contributed by atoms with Crippen LogP contribution >= 0.6 is 15.9 Å². The van der Waals surface area contributed by atoms with Crippen molar-refractivity contribution in [1.29, 1.82) is 0 Å². The molecule has 0 aliphatic heterocycles. The number of aromatic nitrogens is 1. The van der Waals surface area contributed by atoms with Gasteiger partial charge in [0.1, 0.15) is 5.82 Å². The van der Waals surface area contributed by atoms with Crippen LogP contribution < -0.4 is 15.8 Å². The summed E-state index contributed by atoms with van der Waals surface area (Å²) in [6, 6.07) is 11.4. The highest BCUT2D eigenvalue weighted by Crippen LogP contribution is 2.27. The van der Waals surface area contributed by atoms with Crippen molar-refractivity contribution in [3.63, 3.8) is 0 Å². The molecule has 2 aromatic rings. The minimum Gasteiger partial charge on any atom is -0.476 e. The fourth-order valence-electron chi connectivity index (χ4n) is 1.47. The summed E-state index contributed by atoms with van der Waals surface area (Å²) in [4.78, 5) is 4.32. The van der Waals surface area contributed by atoms with E-state index in [4.69, 9.17) is 10.5 Å². The highest BCUT2D eigenvalue weighted by atomic mass is 79.9. The van der Waals surface area contributed by atoms with Gasteiger partial charge in [-0.3, -0.25) is 0 Å². The highest BCUT2D eigenvalue weighted by Gasteiger charge is 2.05. The molecule has 0 spiro atoms. The first kappa shape index (κ1) is 12.7. The van der Waals surface area contributed by atoms with E-state index < -0.39 is 0 Å². The molecule has 3 N–H and O–H groups in total. The molecular formula is C13H14BrN3O. The molecule has 0 unspecified atom stereocenters. The molecule has 0 saturated heterocycles. The summed E-state index contributed by atoms with van der Waals surface area (Å²) in [6.45, 7) is 2.44. The second-order valence-electron chi connectivity index (χ2n) is 3.63. The predicted octanol–water partition coefficient (Wildman–Crippen LogP) is 3.57. The highest BCUT2D eigenvalue weighted by molar-refractivity contribution is 9.10. The number of ether oxygens (including phenoxy) is 1. The van der Waals surface area contributed by atoms with Crippen LogP contribution in [0.25, 0.3) is 0 Å². The first-order valence-corrected chi connectivity index (χ1v) is 6.41. The number of anilines is 3. The van der Waals surface area contributed by atoms with Crippen molar-refractivity contribution in [2.24, 2.45) is 0 Å². The molecule has 0 aliphatic rings. The van der Waals surface area contributed by atoms with Gasteiger partial charge in [-0.2, -0.15) is 4.98 Å². The monoisotopic (exact) mass is 307 g/mol. The van der Waals surface area contributed by atoms with E-state index in [0.29, 0.717) is 24.0 Å². The van der Waals surface area contributed by atoms with E-state index in [-0.39, 0.29) is 0 Å². The van der Waals surface area contributed by atoms with Crippen molar-refractivity contribution in [3.8, 4) is 5.88 Å². The Labute approximate surface area is 114 Å². The van der Waals surface area contributed by atoms with Gasteiger partial charge in [0.2, 0.25) is 5.88 Å². The smallest absolute Gasteiger partial charge is 0.239 e. The number of pyridine rings is 1. The maximum Gasteiger partial charge on any atom is 0.239 e. The van der Waals surface area contributed by atoms with Crippen molar-refractivity contribution in [3.05, 3.63) is 40.9 Å². The Kier molecular flexibility index (Phi) is 4.04. The number of nitrogen functional groups attached to an aromatic ring is 1. The summed E-state index contributed by atoms with van der Waals surface area (Å²) in [6.07, 6.45) is 0. The molecule has 1 aromatic heterocycles. The zero-order valence-corrected chi connectivity index (χ0v) is 11.6. The van der Waals surface area contributed by atoms with Crippen LogP contribution in [0.4, 0.5) is 17.2 Å². The Hall–Kier alpha value is -1.75. The third kappa shape index (κ3) is 2.92. The molecule has 94 valence electrons. The van der Waals surface area contributed by atoms with Gasteiger partial charge in [-0.05, 0) is 47.1 Å². The van der Waals surface area contributed by atoms with Crippen molar-refractivity contribution < 1.29 is 4.74 Å². The second kappa shape index (κ2) is 5.73. The summed E-state index contributed by atoms with van der Waals surface area (Å²) < 4.78 is 6.33. The minimum absolute atomic E-state index is 0.453. The van der Waals surface area contributed by atoms with Crippen LogP contribution in [-0.4, -0.2) is 11.6 Å². The first-order valence-electron chi connectivity index (χ1n) is 5.61. The lowest BCUT2D eigenvalue weighted by molar-refractivity contribution is 0.329. The number of nitrogens with two attached hydrogens (primary N) is 1. The van der Waals surface area contributed by atoms with E-state index in [1.54, 1.807) is 6.07 Å². The fraction of sp³-hybridized carbons (Fsp3) is 0.154. The topological polar surface area (TPSA) is 60.2 Å². The molecule has 0 atom stereocenters. The van der Waals surface area contributed by atoms with Gasteiger partial charge in [-0.15, -0.1) is 0 Å². The van der Waals surface area contributed by atoms with Crippen LogP contribution in [0.5, 0.6) is 5.88 Å². The third-order valence-corrected chi connectivity index (χ3v) is 3.00. The van der Waals surface area contributed by atoms with Gasteiger partial charge in [-0.1, -0.05) is 12.1 Å². The number of hydrogen-bond donors (Lipinski definition) is 2. The molecule has 0 fully saturated rings. The van der Waals surface area contributed by atoms with Crippen molar-refractivity contribution >= 4 is 33.1 Å². The average Bonchev–Trinajstić information content (AvgIpc) is 2.36. The maximum absolute atomic E-state index is 5.77. The molecule has 0 aliphatic carbocycles. The number of nitrogens with one attached hydrogen (secondary N) is 1. The van der Waals surface area contributed by atoms with Crippen molar-refractivity contribution in [2.45, 2.75) is 6.92 Å². The summed E-state index contributed by atoms with van der Waals surface area (Å²) >= 11 is 3.47. The molecule has 18 heavy (non-hydrogen) atoms. The van der Waals surface area contributed by atoms with Crippen LogP contribution in [0, 0.1) is 0 Å². The number of halogens is 1. The minimum atomic E-state index is 0.453. The van der Waals surface area contributed by atoms with E-state index >= 15 is 0 Å². The number of benzene rings is 1. The van der Waals surface area contributed by atoms with Gasteiger partial charge >= 0.3 is 0 Å². The lowest BCUT2D eigenvalue weighted by atomic mass is 10.3. The Morgan fingerprint density at radius 3 is 2.78 bits per heavy atom. The molecule has 1 heterocycles. The molecule has 0 amide bonds. The van der Waals surface area contributed by atoms with Crippen molar-refractivity contribution in [1.82, 2.24) is 4.98 Å². The standard InChI is InChI=1S/C13H14BrN3O/c1-2-18-13-10(15)7-8-12(17-13)16-11-6-4-3-5-9(11)14/h3-8H,2,15H2,1H3,(H,16,17). The summed E-state index contributed by atoms with van der Waals surface area (Å²) in [7, 11) is 0. The van der Waals surface area contributed by atoms with Crippen LogP contribution in [0.3, 0.4) is 0 Å². The maximum atomic E-state index is 5.77. The molecule has 0 bridgehead atoms. The Balaban J connectivity index is 2.24. The second-order valence-corrected chi connectivity index (χ2v) is 4.48. The van der Waals surface area contributed by atoms with E-state index in [0.717, 1.165) is 10.2 Å². The average molecular weight is 308 g/mol. The largest absolute Gasteiger partial charge is 0.476 e. The first-order chi connectivity index (χ1) is 8.70. The van der Waals surface area contributed by atoms with Crippen LogP contribution in [0.1, 0.15) is 6.92 Å². The molecule has 0 saturated carbocycles. The van der Waals surface area contributed by atoms with Crippen LogP contribution in [-0.2, 0) is 0 Å². The number of hydrogen-bond acceptors (Lipinski definition) is 4. The molecule has 4 nitrogen and oxygen atoms in total. The van der Waals surface area contributed by atoms with E-state index in [9.17, 15) is 0 Å². The van der Waals surface area contributed by atoms with Gasteiger partial charge in [0, 0.05) is 4.47 Å². The molecular weight excluding hydrogens is 294 g/mol. The van der Waals surface area contributed by atoms with Crippen molar-refractivity contribution in [2.75, 3.05) is 17.7 Å². The zero-order chi connectivity index (χ0) is 13.0. The number of para-hydroxylation sites is 1. The van der Waals surface area contributed by atoms with Crippen LogP contribution in [0.2, 0.25) is 0 Å². The zero-order valence-electron chi connectivity index (χ0n) is 9.98.